The summed E-state index contributed by atoms with van der Waals surface area (Å²) in [6.45, 7) is 4.96. The highest BCUT2D eigenvalue weighted by Gasteiger charge is 2.22. The second-order valence-corrected chi connectivity index (χ2v) is 7.55. The summed E-state index contributed by atoms with van der Waals surface area (Å²) in [6, 6.07) is 8.91. The highest BCUT2D eigenvalue weighted by atomic mass is 32.1. The van der Waals surface area contributed by atoms with Crippen molar-refractivity contribution in [1.82, 2.24) is 5.32 Å². The highest BCUT2D eigenvalue weighted by molar-refractivity contribution is 7.11. The number of hydrogen-bond acceptors (Lipinski definition) is 6. The largest absolute Gasteiger partial charge is 0.490 e. The van der Waals surface area contributed by atoms with E-state index in [0.717, 1.165) is 17.7 Å². The van der Waals surface area contributed by atoms with Crippen LogP contribution in [-0.4, -0.2) is 31.7 Å². The lowest BCUT2D eigenvalue weighted by Crippen LogP contribution is -2.35. The number of nitrogens with one attached hydrogen (secondary N) is 1. The fraction of sp³-hybridized carbons (Fsp3) is 0.400. The van der Waals surface area contributed by atoms with Crippen LogP contribution in [0.15, 0.2) is 35.7 Å². The minimum Gasteiger partial charge on any atom is -0.490 e. The molecule has 0 bridgehead atoms. The van der Waals surface area contributed by atoms with E-state index in [4.69, 9.17) is 14.2 Å². The first kappa shape index (κ1) is 19.2. The number of rotatable bonds is 6. The maximum atomic E-state index is 12.3. The van der Waals surface area contributed by atoms with Crippen molar-refractivity contribution in [3.63, 3.8) is 0 Å². The molecule has 6 nitrogen and oxygen atoms in total. The molecule has 1 atom stereocenters. The molecule has 1 amide bonds. The number of amides is 1. The quantitative estimate of drug-likeness (QED) is 0.765. The topological polar surface area (TPSA) is 73.9 Å². The van der Waals surface area contributed by atoms with Crippen molar-refractivity contribution in [3.05, 3.63) is 46.2 Å². The lowest BCUT2D eigenvalue weighted by molar-refractivity contribution is -0.125. The molecule has 7 heteroatoms. The maximum absolute atomic E-state index is 12.3. The standard InChI is InChI=1S/C20H23NO5S/c1-13(2)19(14-6-7-15-16(11-14)25-9-4-8-24-15)21-18(22)12-26-20(23)17-5-3-10-27-17/h3,5-7,10-11,13,19H,4,8-9,12H2,1-2H3,(H,21,22)/t19-/m0/s1. The number of carbonyl (C=O) groups excluding carboxylic acids is 2. The molecule has 2 aromatic rings. The fourth-order valence-corrected chi connectivity index (χ4v) is 3.44. The number of carbonyl (C=O) groups is 2. The Morgan fingerprint density at radius 3 is 2.67 bits per heavy atom. The van der Waals surface area contributed by atoms with Crippen molar-refractivity contribution >= 4 is 23.2 Å². The second-order valence-electron chi connectivity index (χ2n) is 6.60. The molecular weight excluding hydrogens is 366 g/mol. The molecule has 1 N–H and O–H groups in total. The molecule has 144 valence electrons. The SMILES string of the molecule is CC(C)[C@H](NC(=O)COC(=O)c1cccs1)c1ccc2c(c1)OCCCO2. The van der Waals surface area contributed by atoms with Crippen LogP contribution in [0.1, 0.15) is 41.5 Å². The molecule has 1 aliphatic rings. The van der Waals surface area contributed by atoms with Gasteiger partial charge in [-0.3, -0.25) is 4.79 Å². The van der Waals surface area contributed by atoms with E-state index < -0.39 is 5.97 Å². The molecule has 3 rings (SSSR count). The van der Waals surface area contributed by atoms with Crippen molar-refractivity contribution in [3.8, 4) is 11.5 Å². The number of thiophene rings is 1. The van der Waals surface area contributed by atoms with Gasteiger partial charge in [-0.05, 0) is 35.1 Å². The summed E-state index contributed by atoms with van der Waals surface area (Å²) in [5.74, 6) is 0.721. The maximum Gasteiger partial charge on any atom is 0.348 e. The molecule has 27 heavy (non-hydrogen) atoms. The monoisotopic (exact) mass is 389 g/mol. The Morgan fingerprint density at radius 1 is 1.19 bits per heavy atom. The summed E-state index contributed by atoms with van der Waals surface area (Å²) >= 11 is 1.28. The van der Waals surface area contributed by atoms with E-state index in [9.17, 15) is 9.59 Å². The molecular formula is C20H23NO5S. The van der Waals surface area contributed by atoms with Crippen molar-refractivity contribution in [2.24, 2.45) is 5.92 Å². The Labute approximate surface area is 162 Å². The van der Waals surface area contributed by atoms with E-state index >= 15 is 0 Å². The molecule has 1 aliphatic heterocycles. The van der Waals surface area contributed by atoms with E-state index in [1.165, 1.54) is 11.3 Å². The Morgan fingerprint density at radius 2 is 1.96 bits per heavy atom. The van der Waals surface area contributed by atoms with Gasteiger partial charge in [-0.15, -0.1) is 11.3 Å². The number of esters is 1. The van der Waals surface area contributed by atoms with Crippen LogP contribution in [0, 0.1) is 5.92 Å². The smallest absolute Gasteiger partial charge is 0.348 e. The first-order valence-corrected chi connectivity index (χ1v) is 9.82. The van der Waals surface area contributed by atoms with E-state index in [2.05, 4.69) is 5.32 Å². The van der Waals surface area contributed by atoms with Crippen molar-refractivity contribution in [2.75, 3.05) is 19.8 Å². The van der Waals surface area contributed by atoms with E-state index in [0.29, 0.717) is 23.8 Å². The van der Waals surface area contributed by atoms with Crippen LogP contribution in [0.2, 0.25) is 0 Å². The summed E-state index contributed by atoms with van der Waals surface area (Å²) in [5.41, 5.74) is 0.923. The predicted molar refractivity (Wildman–Crippen MR) is 102 cm³/mol. The van der Waals surface area contributed by atoms with Gasteiger partial charge in [-0.2, -0.15) is 0 Å². The van der Waals surface area contributed by atoms with Gasteiger partial charge in [0.25, 0.3) is 5.91 Å². The van der Waals surface area contributed by atoms with Crippen molar-refractivity contribution in [1.29, 1.82) is 0 Å². The van der Waals surface area contributed by atoms with Crippen molar-refractivity contribution < 1.29 is 23.8 Å². The van der Waals surface area contributed by atoms with E-state index in [1.807, 2.05) is 32.0 Å². The number of ether oxygens (including phenoxy) is 3. The van der Waals surface area contributed by atoms with Gasteiger partial charge in [-0.1, -0.05) is 26.0 Å². The van der Waals surface area contributed by atoms with E-state index in [1.54, 1.807) is 17.5 Å². The van der Waals surface area contributed by atoms with Gasteiger partial charge in [0, 0.05) is 6.42 Å². The number of hydrogen-bond donors (Lipinski definition) is 1. The highest BCUT2D eigenvalue weighted by Crippen LogP contribution is 2.34. The Kier molecular flexibility index (Phi) is 6.34. The summed E-state index contributed by atoms with van der Waals surface area (Å²) in [4.78, 5) is 24.7. The number of fused-ring (bicyclic) bond motifs is 1. The Balaban J connectivity index is 1.64. The molecule has 0 unspecified atom stereocenters. The normalized spacial score (nSPS) is 14.3. The van der Waals surface area contributed by atoms with E-state index in [-0.39, 0.29) is 24.5 Å². The third-order valence-corrected chi connectivity index (χ3v) is 5.02. The average Bonchev–Trinajstić information content (AvgIpc) is 3.09. The van der Waals surface area contributed by atoms with Gasteiger partial charge in [0.15, 0.2) is 18.1 Å². The van der Waals surface area contributed by atoms with Crippen LogP contribution in [-0.2, 0) is 9.53 Å². The summed E-state index contributed by atoms with van der Waals surface area (Å²) in [7, 11) is 0. The van der Waals surface area contributed by atoms with Crippen LogP contribution in [0.5, 0.6) is 11.5 Å². The lowest BCUT2D eigenvalue weighted by atomic mass is 9.95. The minimum absolute atomic E-state index is 0.145. The minimum atomic E-state index is -0.489. The summed E-state index contributed by atoms with van der Waals surface area (Å²) < 4.78 is 16.5. The third kappa shape index (κ3) is 5.01. The zero-order valence-corrected chi connectivity index (χ0v) is 16.2. The molecule has 0 saturated heterocycles. The van der Waals surface area contributed by atoms with Gasteiger partial charge < -0.3 is 19.5 Å². The Bertz CT molecular complexity index is 788. The van der Waals surface area contributed by atoms with Gasteiger partial charge in [0.05, 0.1) is 19.3 Å². The average molecular weight is 389 g/mol. The molecule has 1 aromatic carbocycles. The van der Waals surface area contributed by atoms with Crippen LogP contribution in [0.25, 0.3) is 0 Å². The van der Waals surface area contributed by atoms with Crippen LogP contribution >= 0.6 is 11.3 Å². The van der Waals surface area contributed by atoms with Gasteiger partial charge in [-0.25, -0.2) is 4.79 Å². The molecule has 0 radical (unpaired) electrons. The molecule has 2 heterocycles. The summed E-state index contributed by atoms with van der Waals surface area (Å²) in [6.07, 6.45) is 0.837. The predicted octanol–water partition coefficient (Wildman–Crippen LogP) is 3.58. The van der Waals surface area contributed by atoms with Gasteiger partial charge in [0.1, 0.15) is 4.88 Å². The van der Waals surface area contributed by atoms with Crippen LogP contribution < -0.4 is 14.8 Å². The van der Waals surface area contributed by atoms with Crippen LogP contribution in [0.3, 0.4) is 0 Å². The van der Waals surface area contributed by atoms with Gasteiger partial charge in [0.2, 0.25) is 0 Å². The first-order chi connectivity index (χ1) is 13.0. The van der Waals surface area contributed by atoms with Crippen molar-refractivity contribution in [2.45, 2.75) is 26.3 Å². The summed E-state index contributed by atoms with van der Waals surface area (Å²) in [5, 5.41) is 4.73. The van der Waals surface area contributed by atoms with Gasteiger partial charge >= 0.3 is 5.97 Å². The molecule has 0 spiro atoms. The third-order valence-electron chi connectivity index (χ3n) is 4.17. The molecule has 1 aromatic heterocycles. The Hall–Kier alpha value is -2.54. The second kappa shape index (κ2) is 8.90. The molecule has 0 fully saturated rings. The molecule has 0 aliphatic carbocycles. The number of benzene rings is 1. The fourth-order valence-electron chi connectivity index (χ4n) is 2.82. The van der Waals surface area contributed by atoms with Crippen LogP contribution in [0.4, 0.5) is 0 Å². The zero-order valence-electron chi connectivity index (χ0n) is 15.4. The molecule has 0 saturated carbocycles. The lowest BCUT2D eigenvalue weighted by Gasteiger charge is -2.23. The first-order valence-electron chi connectivity index (χ1n) is 8.94. The zero-order chi connectivity index (χ0) is 19.2.